The van der Waals surface area contributed by atoms with Gasteiger partial charge in [0, 0.05) is 6.07 Å². The zero-order valence-electron chi connectivity index (χ0n) is 11.7. The number of amides is 2. The molecule has 1 saturated carbocycles. The lowest BCUT2D eigenvalue weighted by molar-refractivity contribution is -0.144. The summed E-state index contributed by atoms with van der Waals surface area (Å²) in [6, 6.07) is 0.941. The number of rotatable bonds is 4. The van der Waals surface area contributed by atoms with E-state index in [0.717, 1.165) is 12.1 Å². The van der Waals surface area contributed by atoms with Crippen LogP contribution in [0.25, 0.3) is 0 Å². The summed E-state index contributed by atoms with van der Waals surface area (Å²) in [5.74, 6) is -2.75. The standard InChI is InChI=1S/C14H16F2N2O3/c1-7-5-10(16)11(6-9(7)15)17-13(21)18-14(2,12(19)20)8-3-4-8/h5-6,8H,3-4H2,1-2H3,(H,19,20)(H2,17,18,21). The summed E-state index contributed by atoms with van der Waals surface area (Å²) >= 11 is 0. The molecule has 3 N–H and O–H groups in total. The molecule has 0 aliphatic heterocycles. The normalized spacial score (nSPS) is 17.0. The lowest BCUT2D eigenvalue weighted by Crippen LogP contribution is -2.55. The Kier molecular flexibility index (Phi) is 3.85. The monoisotopic (exact) mass is 298 g/mol. The third-order valence-corrected chi connectivity index (χ3v) is 3.71. The second-order valence-corrected chi connectivity index (χ2v) is 5.44. The second kappa shape index (κ2) is 5.31. The molecule has 1 unspecified atom stereocenters. The quantitative estimate of drug-likeness (QED) is 0.799. The van der Waals surface area contributed by atoms with E-state index < -0.39 is 29.2 Å². The first-order valence-corrected chi connectivity index (χ1v) is 6.52. The van der Waals surface area contributed by atoms with Gasteiger partial charge in [0.25, 0.3) is 0 Å². The molecule has 7 heteroatoms. The molecule has 1 aromatic rings. The molecule has 5 nitrogen and oxygen atoms in total. The van der Waals surface area contributed by atoms with Crippen molar-refractivity contribution in [3.63, 3.8) is 0 Å². The van der Waals surface area contributed by atoms with E-state index in [1.165, 1.54) is 13.8 Å². The van der Waals surface area contributed by atoms with E-state index >= 15 is 0 Å². The number of benzene rings is 1. The predicted octanol–water partition coefficient (Wildman–Crippen LogP) is 2.65. The summed E-state index contributed by atoms with van der Waals surface area (Å²) in [6.45, 7) is 2.80. The highest BCUT2D eigenvalue weighted by Gasteiger charge is 2.48. The third-order valence-electron chi connectivity index (χ3n) is 3.71. The lowest BCUT2D eigenvalue weighted by Gasteiger charge is -2.26. The molecule has 0 bridgehead atoms. The van der Waals surface area contributed by atoms with Crippen LogP contribution in [0.5, 0.6) is 0 Å². The molecule has 1 aliphatic carbocycles. The molecule has 21 heavy (non-hydrogen) atoms. The smallest absolute Gasteiger partial charge is 0.329 e. The number of urea groups is 1. The van der Waals surface area contributed by atoms with Crippen molar-refractivity contribution in [3.05, 3.63) is 29.3 Å². The van der Waals surface area contributed by atoms with Crippen molar-refractivity contribution < 1.29 is 23.5 Å². The summed E-state index contributed by atoms with van der Waals surface area (Å²) in [4.78, 5) is 23.1. The zero-order chi connectivity index (χ0) is 15.8. The SMILES string of the molecule is Cc1cc(F)c(NC(=O)NC(C)(C(=O)O)C2CC2)cc1F. The fraction of sp³-hybridized carbons (Fsp3) is 0.429. The minimum Gasteiger partial charge on any atom is -0.480 e. The molecular formula is C14H16F2N2O3. The van der Waals surface area contributed by atoms with Gasteiger partial charge in [-0.25, -0.2) is 18.4 Å². The van der Waals surface area contributed by atoms with Gasteiger partial charge in [-0.3, -0.25) is 0 Å². The Labute approximate surface area is 120 Å². The van der Waals surface area contributed by atoms with E-state index in [2.05, 4.69) is 10.6 Å². The van der Waals surface area contributed by atoms with Gasteiger partial charge in [0.05, 0.1) is 5.69 Å². The molecule has 114 valence electrons. The van der Waals surface area contributed by atoms with E-state index in [-0.39, 0.29) is 17.2 Å². The second-order valence-electron chi connectivity index (χ2n) is 5.44. The molecule has 0 radical (unpaired) electrons. The highest BCUT2D eigenvalue weighted by atomic mass is 19.1. The number of anilines is 1. The predicted molar refractivity (Wildman–Crippen MR) is 72.0 cm³/mol. The number of nitrogens with one attached hydrogen (secondary N) is 2. The molecule has 2 amide bonds. The number of carbonyl (C=O) groups excluding carboxylic acids is 1. The van der Waals surface area contributed by atoms with E-state index in [1.807, 2.05) is 0 Å². The first kappa shape index (κ1) is 15.2. The number of hydrogen-bond acceptors (Lipinski definition) is 2. The van der Waals surface area contributed by atoms with Crippen LogP contribution >= 0.6 is 0 Å². The molecule has 1 fully saturated rings. The topological polar surface area (TPSA) is 78.4 Å². The minimum atomic E-state index is -1.41. The van der Waals surface area contributed by atoms with Crippen molar-refractivity contribution in [1.82, 2.24) is 5.32 Å². The van der Waals surface area contributed by atoms with E-state index in [4.69, 9.17) is 0 Å². The van der Waals surface area contributed by atoms with Crippen LogP contribution in [0.15, 0.2) is 12.1 Å². The highest BCUT2D eigenvalue weighted by molar-refractivity contribution is 5.94. The fourth-order valence-corrected chi connectivity index (χ4v) is 2.12. The van der Waals surface area contributed by atoms with Crippen molar-refractivity contribution >= 4 is 17.7 Å². The van der Waals surface area contributed by atoms with Crippen LogP contribution in [-0.2, 0) is 4.79 Å². The molecule has 0 spiro atoms. The maximum atomic E-state index is 13.6. The van der Waals surface area contributed by atoms with Crippen LogP contribution in [0.1, 0.15) is 25.3 Å². The number of carboxylic acids is 1. The molecule has 0 aromatic heterocycles. The minimum absolute atomic E-state index is 0.117. The molecule has 0 saturated heterocycles. The van der Waals surface area contributed by atoms with E-state index in [1.54, 1.807) is 0 Å². The van der Waals surface area contributed by atoms with Gasteiger partial charge in [0.2, 0.25) is 0 Å². The van der Waals surface area contributed by atoms with Crippen LogP contribution in [0, 0.1) is 24.5 Å². The lowest BCUT2D eigenvalue weighted by atomic mass is 9.96. The van der Waals surface area contributed by atoms with Gasteiger partial charge in [-0.15, -0.1) is 0 Å². The van der Waals surface area contributed by atoms with Crippen LogP contribution in [0.2, 0.25) is 0 Å². The van der Waals surface area contributed by atoms with Gasteiger partial charge in [0.1, 0.15) is 17.2 Å². The fourth-order valence-electron chi connectivity index (χ4n) is 2.12. The Morgan fingerprint density at radius 3 is 2.43 bits per heavy atom. The van der Waals surface area contributed by atoms with Crippen molar-refractivity contribution in [2.45, 2.75) is 32.2 Å². The largest absolute Gasteiger partial charge is 0.480 e. The molecular weight excluding hydrogens is 282 g/mol. The van der Waals surface area contributed by atoms with Crippen LogP contribution in [0.3, 0.4) is 0 Å². The first-order valence-electron chi connectivity index (χ1n) is 6.52. The summed E-state index contributed by atoms with van der Waals surface area (Å²) < 4.78 is 27.0. The van der Waals surface area contributed by atoms with Crippen molar-refractivity contribution in [2.75, 3.05) is 5.32 Å². The van der Waals surface area contributed by atoms with Gasteiger partial charge < -0.3 is 15.7 Å². The van der Waals surface area contributed by atoms with Gasteiger partial charge >= 0.3 is 12.0 Å². The average Bonchev–Trinajstić information content (AvgIpc) is 3.19. The molecule has 1 aliphatic rings. The average molecular weight is 298 g/mol. The van der Waals surface area contributed by atoms with Crippen molar-refractivity contribution in [1.29, 1.82) is 0 Å². The molecule has 0 heterocycles. The Morgan fingerprint density at radius 2 is 1.90 bits per heavy atom. The van der Waals surface area contributed by atoms with Crippen LogP contribution in [0.4, 0.5) is 19.3 Å². The summed E-state index contributed by atoms with van der Waals surface area (Å²) in [5, 5.41) is 13.7. The number of aryl methyl sites for hydroxylation is 1. The Bertz CT molecular complexity index is 602. The van der Waals surface area contributed by atoms with Gasteiger partial charge in [0.15, 0.2) is 0 Å². The number of carboxylic acid groups (broad SMARTS) is 1. The number of halogens is 2. The van der Waals surface area contributed by atoms with E-state index in [0.29, 0.717) is 12.8 Å². The zero-order valence-corrected chi connectivity index (χ0v) is 11.7. The van der Waals surface area contributed by atoms with Crippen LogP contribution < -0.4 is 10.6 Å². The summed E-state index contributed by atoms with van der Waals surface area (Å²) in [7, 11) is 0. The maximum Gasteiger partial charge on any atom is 0.329 e. The molecule has 2 rings (SSSR count). The van der Waals surface area contributed by atoms with Gasteiger partial charge in [-0.05, 0) is 44.2 Å². The molecule has 1 aromatic carbocycles. The van der Waals surface area contributed by atoms with Gasteiger partial charge in [-0.2, -0.15) is 0 Å². The Morgan fingerprint density at radius 1 is 1.29 bits per heavy atom. The maximum absolute atomic E-state index is 13.6. The number of aliphatic carboxylic acids is 1. The first-order chi connectivity index (χ1) is 9.74. The Hall–Kier alpha value is -2.18. The highest BCUT2D eigenvalue weighted by Crippen LogP contribution is 2.39. The number of hydrogen-bond donors (Lipinski definition) is 3. The van der Waals surface area contributed by atoms with E-state index in [9.17, 15) is 23.5 Å². The summed E-state index contributed by atoms with van der Waals surface area (Å²) in [5.41, 5.74) is -1.63. The van der Waals surface area contributed by atoms with Gasteiger partial charge in [-0.1, -0.05) is 0 Å². The third kappa shape index (κ3) is 3.12. The van der Waals surface area contributed by atoms with Crippen LogP contribution in [-0.4, -0.2) is 22.6 Å². The van der Waals surface area contributed by atoms with Crippen molar-refractivity contribution in [3.8, 4) is 0 Å². The Balaban J connectivity index is 2.11. The summed E-state index contributed by atoms with van der Waals surface area (Å²) in [6.07, 6.45) is 1.41. The van der Waals surface area contributed by atoms with Crippen molar-refractivity contribution in [2.24, 2.45) is 5.92 Å². The number of carbonyl (C=O) groups is 2. The molecule has 1 atom stereocenters.